The number of alkyl halides is 3. The normalized spacial score (nSPS) is 22.5. The van der Waals surface area contributed by atoms with Gasteiger partial charge in [-0.1, -0.05) is 48.0 Å². The smallest absolute Gasteiger partial charge is 0.378 e. The van der Waals surface area contributed by atoms with Crippen molar-refractivity contribution in [3.05, 3.63) is 77.1 Å². The third kappa shape index (κ3) is 3.49. The lowest BCUT2D eigenvalue weighted by Gasteiger charge is -2.42. The number of ether oxygens (including phenoxy) is 1. The second-order valence-corrected chi connectivity index (χ2v) is 8.34. The van der Waals surface area contributed by atoms with Crippen LogP contribution in [0.3, 0.4) is 0 Å². The van der Waals surface area contributed by atoms with Crippen molar-refractivity contribution in [3.8, 4) is 6.07 Å². The number of hydrogen-bond acceptors (Lipinski definition) is 6. The zero-order valence-corrected chi connectivity index (χ0v) is 18.7. The molecule has 0 aromatic heterocycles. The summed E-state index contributed by atoms with van der Waals surface area (Å²) < 4.78 is 50.2. The highest BCUT2D eigenvalue weighted by Crippen LogP contribution is 2.50. The van der Waals surface area contributed by atoms with Crippen LogP contribution in [0.4, 0.5) is 23.7 Å². The fourth-order valence-corrected chi connectivity index (χ4v) is 4.49. The van der Waals surface area contributed by atoms with Crippen LogP contribution in [-0.2, 0) is 10.3 Å². The second kappa shape index (κ2) is 8.32. The van der Waals surface area contributed by atoms with Crippen molar-refractivity contribution in [2.75, 3.05) is 31.2 Å². The minimum atomic E-state index is -5.02. The quantitative estimate of drug-likeness (QED) is 0.707. The highest BCUT2D eigenvalue weighted by atomic mass is 19.4. The molecule has 1 N–H and O–H groups in total. The summed E-state index contributed by atoms with van der Waals surface area (Å²) in [4.78, 5) is 16.5. The van der Waals surface area contributed by atoms with Gasteiger partial charge in [0.1, 0.15) is 11.6 Å². The van der Waals surface area contributed by atoms with E-state index in [2.05, 4.69) is 10.4 Å². The molecule has 8 nitrogen and oxygen atoms in total. The molecular weight excluding hydrogens is 461 g/mol. The van der Waals surface area contributed by atoms with E-state index in [0.717, 1.165) is 10.6 Å². The number of nitrogens with one attached hydrogen (secondary N) is 1. The molecule has 3 heterocycles. The van der Waals surface area contributed by atoms with Crippen molar-refractivity contribution >= 4 is 17.7 Å². The Morgan fingerprint density at radius 3 is 2.34 bits per heavy atom. The van der Waals surface area contributed by atoms with Gasteiger partial charge in [0, 0.05) is 13.1 Å². The zero-order chi connectivity index (χ0) is 24.8. The van der Waals surface area contributed by atoms with Crippen LogP contribution in [0, 0.1) is 18.3 Å². The molecule has 1 saturated heterocycles. The van der Waals surface area contributed by atoms with E-state index in [0.29, 0.717) is 32.0 Å². The maximum atomic E-state index is 14.9. The maximum absolute atomic E-state index is 14.9. The first kappa shape index (κ1) is 22.7. The van der Waals surface area contributed by atoms with E-state index in [1.54, 1.807) is 43.3 Å². The van der Waals surface area contributed by atoms with Crippen molar-refractivity contribution in [1.29, 1.82) is 5.26 Å². The Bertz CT molecular complexity index is 1250. The number of anilines is 1. The molecule has 1 atom stereocenters. The van der Waals surface area contributed by atoms with Gasteiger partial charge in [-0.15, -0.1) is 5.10 Å². The molecule has 0 spiro atoms. The zero-order valence-electron chi connectivity index (χ0n) is 18.7. The molecule has 1 unspecified atom stereocenters. The summed E-state index contributed by atoms with van der Waals surface area (Å²) >= 11 is 0. The molecule has 11 heteroatoms. The number of carbonyl (C=O) groups is 1. The minimum Gasteiger partial charge on any atom is -0.378 e. The van der Waals surface area contributed by atoms with Gasteiger partial charge < -0.3 is 15.0 Å². The van der Waals surface area contributed by atoms with Gasteiger partial charge >= 0.3 is 12.2 Å². The number of nitrogens with zero attached hydrogens (tertiary/aromatic N) is 5. The number of hydrazone groups is 1. The average molecular weight is 482 g/mol. The van der Waals surface area contributed by atoms with E-state index in [1.165, 1.54) is 29.2 Å². The number of urea groups is 1. The summed E-state index contributed by atoms with van der Waals surface area (Å²) in [5.74, 6) is 0.00104. The van der Waals surface area contributed by atoms with Crippen LogP contribution in [-0.4, -0.2) is 54.4 Å². The van der Waals surface area contributed by atoms with Crippen LogP contribution in [0.1, 0.15) is 11.1 Å². The Labute approximate surface area is 199 Å². The molecule has 2 amide bonds. The molecule has 35 heavy (non-hydrogen) atoms. The first-order chi connectivity index (χ1) is 16.8. The van der Waals surface area contributed by atoms with Crippen molar-refractivity contribution in [2.45, 2.75) is 18.6 Å². The third-order valence-corrected chi connectivity index (χ3v) is 6.22. The van der Waals surface area contributed by atoms with E-state index < -0.39 is 23.3 Å². The van der Waals surface area contributed by atoms with Crippen molar-refractivity contribution in [2.24, 2.45) is 5.10 Å². The summed E-state index contributed by atoms with van der Waals surface area (Å²) in [6.07, 6.45) is -5.02. The third-order valence-electron chi connectivity index (χ3n) is 6.22. The number of amides is 2. The lowest BCUT2D eigenvalue weighted by atomic mass is 9.80. The van der Waals surface area contributed by atoms with Gasteiger partial charge in [0.2, 0.25) is 11.5 Å². The van der Waals surface area contributed by atoms with Gasteiger partial charge in [-0.05, 0) is 24.6 Å². The van der Waals surface area contributed by atoms with Crippen molar-refractivity contribution in [3.63, 3.8) is 0 Å². The molecule has 0 saturated carbocycles. The predicted molar refractivity (Wildman–Crippen MR) is 121 cm³/mol. The average Bonchev–Trinajstić information content (AvgIpc) is 3.26. The number of para-hydroxylation sites is 1. The number of fused-ring (bicyclic) bond motifs is 1. The number of hydrogen-bond donors (Lipinski definition) is 1. The largest absolute Gasteiger partial charge is 0.421 e. The lowest BCUT2D eigenvalue weighted by Crippen LogP contribution is -2.63. The number of benzene rings is 2. The van der Waals surface area contributed by atoms with E-state index >= 15 is 0 Å². The Balaban J connectivity index is 1.79. The summed E-state index contributed by atoms with van der Waals surface area (Å²) in [6, 6.07) is 14.9. The fraction of sp³-hybridized carbons (Fsp3) is 0.292. The number of nitriles is 1. The molecule has 3 aliphatic rings. The number of halogens is 3. The van der Waals surface area contributed by atoms with Crippen LogP contribution in [0.15, 0.2) is 71.1 Å². The summed E-state index contributed by atoms with van der Waals surface area (Å²) in [6.45, 7) is 3.39. The highest BCUT2D eigenvalue weighted by molar-refractivity contribution is 6.04. The van der Waals surface area contributed by atoms with E-state index in [9.17, 15) is 23.2 Å². The summed E-state index contributed by atoms with van der Waals surface area (Å²) in [5, 5.41) is 17.5. The predicted octanol–water partition coefficient (Wildman–Crippen LogP) is 3.64. The standard InChI is InChI=1S/C24H21F3N6O2/c1-16-7-9-17(10-8-16)23(24(25,26)27)19(15-28)20-32(18-5-3-2-4-6-18)21(30-33(20)22(34)29-23)31-11-13-35-14-12-31/h2-10H,11-14H2,1H3,(H,29,34). The topological polar surface area (TPSA) is 84.2 Å². The summed E-state index contributed by atoms with van der Waals surface area (Å²) in [5.41, 5.74) is -2.78. The molecule has 0 bridgehead atoms. The number of carbonyl (C=O) groups excluding carboxylic acids is 1. The number of aryl methyl sites for hydroxylation is 1. The highest BCUT2D eigenvalue weighted by Gasteiger charge is 2.65. The number of rotatable bonds is 2. The first-order valence-corrected chi connectivity index (χ1v) is 11.0. The fourth-order valence-electron chi connectivity index (χ4n) is 4.49. The Morgan fingerprint density at radius 1 is 1.09 bits per heavy atom. The Morgan fingerprint density at radius 2 is 1.74 bits per heavy atom. The van der Waals surface area contributed by atoms with Gasteiger partial charge in [-0.2, -0.15) is 23.4 Å². The SMILES string of the molecule is Cc1ccc(C2(C(F)(F)F)NC(=O)N3N=C(N4CCOCC4)N(c4ccccc4)C3=C2C#N)cc1. The molecule has 2 aromatic rings. The van der Waals surface area contributed by atoms with Gasteiger partial charge in [-0.3, -0.25) is 4.90 Å². The van der Waals surface area contributed by atoms with Crippen LogP contribution >= 0.6 is 0 Å². The van der Waals surface area contributed by atoms with E-state index in [4.69, 9.17) is 4.74 Å². The lowest BCUT2D eigenvalue weighted by molar-refractivity contribution is -0.186. The number of guanidine groups is 1. The van der Waals surface area contributed by atoms with Crippen molar-refractivity contribution < 1.29 is 22.7 Å². The van der Waals surface area contributed by atoms with Gasteiger partial charge in [0.25, 0.3) is 0 Å². The van der Waals surface area contributed by atoms with Crippen LogP contribution in [0.5, 0.6) is 0 Å². The minimum absolute atomic E-state index is 0.248. The molecule has 5 rings (SSSR count). The Hall–Kier alpha value is -4.04. The second-order valence-electron chi connectivity index (χ2n) is 8.34. The van der Waals surface area contributed by atoms with Gasteiger partial charge in [-0.25, -0.2) is 4.79 Å². The monoisotopic (exact) mass is 482 g/mol. The molecule has 3 aliphatic heterocycles. The number of morpholine rings is 1. The van der Waals surface area contributed by atoms with E-state index in [-0.39, 0.29) is 17.3 Å². The summed E-state index contributed by atoms with van der Waals surface area (Å²) in [7, 11) is 0. The molecule has 0 radical (unpaired) electrons. The van der Waals surface area contributed by atoms with Gasteiger partial charge in [0.05, 0.1) is 18.9 Å². The molecule has 1 fully saturated rings. The molecular formula is C24H21F3N6O2. The van der Waals surface area contributed by atoms with Gasteiger partial charge in [0.15, 0.2) is 5.82 Å². The maximum Gasteiger partial charge on any atom is 0.421 e. The Kier molecular flexibility index (Phi) is 5.40. The first-order valence-electron chi connectivity index (χ1n) is 11.0. The molecule has 0 aliphatic carbocycles. The molecule has 180 valence electrons. The van der Waals surface area contributed by atoms with Crippen molar-refractivity contribution in [1.82, 2.24) is 15.2 Å². The molecule has 2 aromatic carbocycles. The van der Waals surface area contributed by atoms with Crippen LogP contribution in [0.25, 0.3) is 0 Å². The van der Waals surface area contributed by atoms with E-state index in [1.807, 2.05) is 4.90 Å². The van der Waals surface area contributed by atoms with Crippen LogP contribution < -0.4 is 10.2 Å². The van der Waals surface area contributed by atoms with Crippen LogP contribution in [0.2, 0.25) is 0 Å².